The van der Waals surface area contributed by atoms with Crippen LogP contribution < -0.4 is 10.1 Å². The fraction of sp³-hybridized carbons (Fsp3) is 0.556. The van der Waals surface area contributed by atoms with Gasteiger partial charge in [0.15, 0.2) is 0 Å². The van der Waals surface area contributed by atoms with Gasteiger partial charge in [-0.05, 0) is 31.7 Å². The van der Waals surface area contributed by atoms with E-state index in [4.69, 9.17) is 9.47 Å². The van der Waals surface area contributed by atoms with Gasteiger partial charge in [-0.15, -0.1) is 0 Å². The van der Waals surface area contributed by atoms with E-state index in [1.54, 1.807) is 0 Å². The number of aliphatic hydroxyl groups is 1. The molecule has 1 aliphatic carbocycles. The van der Waals surface area contributed by atoms with Crippen molar-refractivity contribution in [3.05, 3.63) is 24.4 Å². The predicted octanol–water partition coefficient (Wildman–Crippen LogP) is 2.51. The molecule has 1 atom stereocenters. The topological polar surface area (TPSA) is 76.5 Å². The normalized spacial score (nSPS) is 27.3. The first-order chi connectivity index (χ1) is 11.8. The van der Waals surface area contributed by atoms with Crippen molar-refractivity contribution in [2.24, 2.45) is 0 Å². The summed E-state index contributed by atoms with van der Waals surface area (Å²) in [6.45, 7) is 1.39. The first-order valence-corrected chi connectivity index (χ1v) is 8.73. The molecule has 0 amide bonds. The van der Waals surface area contributed by atoms with E-state index in [1.165, 1.54) is 0 Å². The summed E-state index contributed by atoms with van der Waals surface area (Å²) in [6, 6.07) is 6.23. The Morgan fingerprint density at radius 1 is 1.17 bits per heavy atom. The minimum Gasteiger partial charge on any atom is -0.486 e. The molecule has 1 aromatic carbocycles. The van der Waals surface area contributed by atoms with E-state index < -0.39 is 0 Å². The van der Waals surface area contributed by atoms with E-state index in [9.17, 15) is 5.11 Å². The second-order valence-electron chi connectivity index (χ2n) is 6.64. The summed E-state index contributed by atoms with van der Waals surface area (Å²) in [7, 11) is 0. The van der Waals surface area contributed by atoms with Crippen molar-refractivity contribution in [2.75, 3.05) is 18.5 Å². The Morgan fingerprint density at radius 3 is 2.83 bits per heavy atom. The van der Waals surface area contributed by atoms with Crippen LogP contribution in [-0.4, -0.2) is 46.5 Å². The minimum absolute atomic E-state index is 0.0989. The Hall–Kier alpha value is -1.92. The largest absolute Gasteiger partial charge is 0.486 e. The van der Waals surface area contributed by atoms with E-state index in [2.05, 4.69) is 15.3 Å². The van der Waals surface area contributed by atoms with Crippen LogP contribution in [0.4, 0.5) is 5.95 Å². The van der Waals surface area contributed by atoms with Crippen LogP contribution in [-0.2, 0) is 4.74 Å². The molecule has 2 aliphatic rings. The van der Waals surface area contributed by atoms with Gasteiger partial charge in [-0.2, -0.15) is 0 Å². The molecule has 0 bridgehead atoms. The van der Waals surface area contributed by atoms with Gasteiger partial charge in [-0.25, -0.2) is 9.97 Å². The Labute approximate surface area is 141 Å². The van der Waals surface area contributed by atoms with Gasteiger partial charge < -0.3 is 19.9 Å². The molecular formula is C18H23N3O3. The molecule has 0 radical (unpaired) electrons. The first-order valence-electron chi connectivity index (χ1n) is 8.73. The second kappa shape index (κ2) is 6.91. The Kier molecular flexibility index (Phi) is 4.49. The van der Waals surface area contributed by atoms with Gasteiger partial charge >= 0.3 is 0 Å². The lowest BCUT2D eigenvalue weighted by atomic mass is 9.93. The SMILES string of the molecule is O[C@H]1CC[C@H](Nc2ncc3cccc(O[C@H]4CCOC4)c3n2)CC1. The summed E-state index contributed by atoms with van der Waals surface area (Å²) in [5.41, 5.74) is 0.831. The molecule has 24 heavy (non-hydrogen) atoms. The molecule has 6 heteroatoms. The zero-order chi connectivity index (χ0) is 16.4. The molecule has 1 aliphatic heterocycles. The summed E-state index contributed by atoms with van der Waals surface area (Å²) >= 11 is 0. The lowest BCUT2D eigenvalue weighted by Gasteiger charge is -2.26. The number of rotatable bonds is 4. The van der Waals surface area contributed by atoms with Crippen molar-refractivity contribution >= 4 is 16.9 Å². The van der Waals surface area contributed by atoms with Crippen molar-refractivity contribution in [3.8, 4) is 5.75 Å². The highest BCUT2D eigenvalue weighted by molar-refractivity contribution is 5.84. The van der Waals surface area contributed by atoms with Gasteiger partial charge in [0.25, 0.3) is 0 Å². The van der Waals surface area contributed by atoms with Crippen molar-refractivity contribution in [3.63, 3.8) is 0 Å². The number of aliphatic hydroxyl groups excluding tert-OH is 1. The molecule has 6 nitrogen and oxygen atoms in total. The third kappa shape index (κ3) is 3.44. The summed E-state index contributed by atoms with van der Waals surface area (Å²) in [5, 5.41) is 14.0. The average molecular weight is 329 g/mol. The van der Waals surface area contributed by atoms with Crippen molar-refractivity contribution in [2.45, 2.75) is 50.4 Å². The molecule has 1 saturated heterocycles. The average Bonchev–Trinajstić information content (AvgIpc) is 3.11. The lowest BCUT2D eigenvalue weighted by Crippen LogP contribution is -2.28. The van der Waals surface area contributed by atoms with Gasteiger partial charge in [-0.1, -0.05) is 12.1 Å². The van der Waals surface area contributed by atoms with E-state index in [0.717, 1.165) is 55.4 Å². The van der Waals surface area contributed by atoms with Crippen LogP contribution in [0.3, 0.4) is 0 Å². The summed E-state index contributed by atoms with van der Waals surface area (Å²) < 4.78 is 11.5. The van der Waals surface area contributed by atoms with Crippen LogP contribution in [0.15, 0.2) is 24.4 Å². The van der Waals surface area contributed by atoms with E-state index in [-0.39, 0.29) is 12.2 Å². The third-order valence-corrected chi connectivity index (χ3v) is 4.79. The smallest absolute Gasteiger partial charge is 0.223 e. The number of aromatic nitrogens is 2. The number of fused-ring (bicyclic) bond motifs is 1. The Bertz CT molecular complexity index is 695. The van der Waals surface area contributed by atoms with Gasteiger partial charge in [0.05, 0.1) is 19.3 Å². The fourth-order valence-electron chi connectivity index (χ4n) is 3.38. The molecule has 2 aromatic rings. The number of ether oxygens (including phenoxy) is 2. The predicted molar refractivity (Wildman–Crippen MR) is 91.3 cm³/mol. The molecule has 1 saturated carbocycles. The van der Waals surface area contributed by atoms with Crippen LogP contribution in [0.5, 0.6) is 5.75 Å². The number of hydrogen-bond acceptors (Lipinski definition) is 6. The molecule has 2 N–H and O–H groups in total. The molecule has 0 spiro atoms. The van der Waals surface area contributed by atoms with Crippen molar-refractivity contribution < 1.29 is 14.6 Å². The summed E-state index contributed by atoms with van der Waals surface area (Å²) in [4.78, 5) is 9.11. The molecule has 1 aromatic heterocycles. The van der Waals surface area contributed by atoms with Crippen LogP contribution in [0, 0.1) is 0 Å². The van der Waals surface area contributed by atoms with Crippen LogP contribution >= 0.6 is 0 Å². The maximum Gasteiger partial charge on any atom is 0.223 e. The van der Waals surface area contributed by atoms with Crippen LogP contribution in [0.2, 0.25) is 0 Å². The van der Waals surface area contributed by atoms with Gasteiger partial charge in [0.1, 0.15) is 17.4 Å². The number of nitrogens with one attached hydrogen (secondary N) is 1. The second-order valence-corrected chi connectivity index (χ2v) is 6.64. The standard InChI is InChI=1S/C18H23N3O3/c22-14-6-4-13(5-7-14)20-18-19-10-12-2-1-3-16(17(12)21-18)24-15-8-9-23-11-15/h1-3,10,13-15,22H,4-9,11H2,(H,19,20,21)/t13-,14-,15-/m0/s1. The highest BCUT2D eigenvalue weighted by Gasteiger charge is 2.21. The molecule has 0 unspecified atom stereocenters. The highest BCUT2D eigenvalue weighted by Crippen LogP contribution is 2.27. The maximum atomic E-state index is 9.62. The first kappa shape index (κ1) is 15.6. The molecule has 128 valence electrons. The number of para-hydroxylation sites is 1. The van der Waals surface area contributed by atoms with E-state index in [1.807, 2.05) is 24.4 Å². The van der Waals surface area contributed by atoms with E-state index in [0.29, 0.717) is 18.6 Å². The van der Waals surface area contributed by atoms with Gasteiger partial charge in [0, 0.05) is 24.0 Å². The van der Waals surface area contributed by atoms with Gasteiger partial charge in [0.2, 0.25) is 5.95 Å². The zero-order valence-corrected chi connectivity index (χ0v) is 13.6. The van der Waals surface area contributed by atoms with Crippen molar-refractivity contribution in [1.82, 2.24) is 9.97 Å². The Balaban J connectivity index is 1.54. The number of anilines is 1. The minimum atomic E-state index is -0.158. The van der Waals surface area contributed by atoms with E-state index >= 15 is 0 Å². The third-order valence-electron chi connectivity index (χ3n) is 4.79. The molecule has 4 rings (SSSR count). The fourth-order valence-corrected chi connectivity index (χ4v) is 3.38. The number of hydrogen-bond donors (Lipinski definition) is 2. The maximum absolute atomic E-state index is 9.62. The number of benzene rings is 1. The summed E-state index contributed by atoms with van der Waals surface area (Å²) in [5.74, 6) is 1.41. The van der Waals surface area contributed by atoms with Gasteiger partial charge in [-0.3, -0.25) is 0 Å². The number of nitrogens with zero attached hydrogens (tertiary/aromatic N) is 2. The Morgan fingerprint density at radius 2 is 2.04 bits per heavy atom. The van der Waals surface area contributed by atoms with Crippen molar-refractivity contribution in [1.29, 1.82) is 0 Å². The lowest BCUT2D eigenvalue weighted by molar-refractivity contribution is 0.126. The summed E-state index contributed by atoms with van der Waals surface area (Å²) in [6.07, 6.45) is 6.25. The highest BCUT2D eigenvalue weighted by atomic mass is 16.5. The van der Waals surface area contributed by atoms with Crippen LogP contribution in [0.25, 0.3) is 10.9 Å². The zero-order valence-electron chi connectivity index (χ0n) is 13.6. The molecular weight excluding hydrogens is 306 g/mol. The molecule has 2 fully saturated rings. The van der Waals surface area contributed by atoms with Crippen LogP contribution in [0.1, 0.15) is 32.1 Å². The quantitative estimate of drug-likeness (QED) is 0.897. The monoisotopic (exact) mass is 329 g/mol. The molecule has 2 heterocycles.